The molecule has 0 aliphatic rings. The molecule has 0 spiro atoms. The van der Waals surface area contributed by atoms with Gasteiger partial charge in [-0.05, 0) is 19.4 Å². The Bertz CT molecular complexity index is 472. The first kappa shape index (κ1) is 16.3. The lowest BCUT2D eigenvalue weighted by atomic mass is 9.98. The second kappa shape index (κ2) is 6.61. The van der Waals surface area contributed by atoms with Crippen molar-refractivity contribution >= 4 is 5.91 Å². The van der Waals surface area contributed by atoms with Gasteiger partial charge in [0.05, 0.1) is 19.8 Å². The predicted molar refractivity (Wildman–Crippen MR) is 78.9 cm³/mol. The third-order valence-corrected chi connectivity index (χ3v) is 3.46. The highest BCUT2D eigenvalue weighted by atomic mass is 16.5. The van der Waals surface area contributed by atoms with Crippen molar-refractivity contribution < 1.29 is 14.3 Å². The van der Waals surface area contributed by atoms with E-state index >= 15 is 0 Å². The van der Waals surface area contributed by atoms with E-state index in [0.717, 1.165) is 5.56 Å². The summed E-state index contributed by atoms with van der Waals surface area (Å²) in [4.78, 5) is 13.9. The number of amides is 1. The third-order valence-electron chi connectivity index (χ3n) is 3.46. The molecule has 1 aromatic carbocycles. The Balaban J connectivity index is 2.96. The van der Waals surface area contributed by atoms with Gasteiger partial charge in [-0.25, -0.2) is 0 Å². The molecular weight excluding hydrogens is 256 g/mol. The Morgan fingerprint density at radius 1 is 1.35 bits per heavy atom. The number of hydrogen-bond acceptors (Lipinski definition) is 4. The summed E-state index contributed by atoms with van der Waals surface area (Å²) in [6, 6.07) is 5.60. The van der Waals surface area contributed by atoms with Gasteiger partial charge in [0.1, 0.15) is 0 Å². The van der Waals surface area contributed by atoms with Gasteiger partial charge in [-0.2, -0.15) is 0 Å². The van der Waals surface area contributed by atoms with Crippen molar-refractivity contribution in [2.45, 2.75) is 32.4 Å². The number of carbonyl (C=O) groups is 1. The van der Waals surface area contributed by atoms with Gasteiger partial charge in [0, 0.05) is 19.2 Å². The third kappa shape index (κ3) is 3.42. The van der Waals surface area contributed by atoms with Crippen LogP contribution in [0.3, 0.4) is 0 Å². The van der Waals surface area contributed by atoms with E-state index in [0.29, 0.717) is 24.5 Å². The largest absolute Gasteiger partial charge is 0.493 e. The Morgan fingerprint density at radius 2 is 2.00 bits per heavy atom. The average Bonchev–Trinajstić information content (AvgIpc) is 2.45. The van der Waals surface area contributed by atoms with E-state index < -0.39 is 5.54 Å². The molecule has 1 amide bonds. The number of nitrogens with zero attached hydrogens (tertiary/aromatic N) is 1. The van der Waals surface area contributed by atoms with E-state index in [1.807, 2.05) is 25.1 Å². The smallest absolute Gasteiger partial charge is 0.242 e. The van der Waals surface area contributed by atoms with Crippen molar-refractivity contribution in [1.29, 1.82) is 0 Å². The van der Waals surface area contributed by atoms with E-state index in [1.54, 1.807) is 33.1 Å². The molecule has 0 aliphatic heterocycles. The first-order chi connectivity index (χ1) is 9.37. The normalized spacial score (nSPS) is 13.5. The predicted octanol–water partition coefficient (Wildman–Crippen LogP) is 1.79. The lowest BCUT2D eigenvalue weighted by Crippen LogP contribution is -2.51. The molecule has 5 nitrogen and oxygen atoms in total. The Labute approximate surface area is 120 Å². The molecule has 2 N–H and O–H groups in total. The van der Waals surface area contributed by atoms with Gasteiger partial charge >= 0.3 is 0 Å². The molecule has 1 unspecified atom stereocenters. The van der Waals surface area contributed by atoms with Crippen molar-refractivity contribution in [2.75, 3.05) is 21.3 Å². The minimum absolute atomic E-state index is 0.0927. The lowest BCUT2D eigenvalue weighted by Gasteiger charge is -2.28. The minimum Gasteiger partial charge on any atom is -0.493 e. The SMILES string of the molecule is CCC(C)(N)C(=O)N(C)Cc1cccc(OC)c1OC. The van der Waals surface area contributed by atoms with Crippen LogP contribution in [0.25, 0.3) is 0 Å². The van der Waals surface area contributed by atoms with Gasteiger partial charge in [-0.1, -0.05) is 19.1 Å². The monoisotopic (exact) mass is 280 g/mol. The van der Waals surface area contributed by atoms with Crippen LogP contribution in [-0.2, 0) is 11.3 Å². The summed E-state index contributed by atoms with van der Waals surface area (Å²) in [7, 11) is 4.91. The highest BCUT2D eigenvalue weighted by molar-refractivity contribution is 5.85. The molecule has 0 radical (unpaired) electrons. The second-order valence-corrected chi connectivity index (χ2v) is 5.08. The maximum absolute atomic E-state index is 12.3. The highest BCUT2D eigenvalue weighted by Crippen LogP contribution is 2.31. The van der Waals surface area contributed by atoms with Crippen molar-refractivity contribution in [3.8, 4) is 11.5 Å². The van der Waals surface area contributed by atoms with Gasteiger partial charge in [0.15, 0.2) is 11.5 Å². The first-order valence-electron chi connectivity index (χ1n) is 6.61. The zero-order chi connectivity index (χ0) is 15.3. The number of hydrogen-bond donors (Lipinski definition) is 1. The number of nitrogens with two attached hydrogens (primary N) is 1. The Hall–Kier alpha value is -1.75. The number of carbonyl (C=O) groups excluding carboxylic acids is 1. The van der Waals surface area contributed by atoms with Crippen molar-refractivity contribution in [3.05, 3.63) is 23.8 Å². The average molecular weight is 280 g/mol. The molecule has 0 aliphatic carbocycles. The molecule has 0 bridgehead atoms. The zero-order valence-corrected chi connectivity index (χ0v) is 12.9. The fourth-order valence-corrected chi connectivity index (χ4v) is 1.99. The molecule has 112 valence electrons. The van der Waals surface area contributed by atoms with E-state index in [-0.39, 0.29) is 5.91 Å². The molecule has 5 heteroatoms. The van der Waals surface area contributed by atoms with E-state index in [9.17, 15) is 4.79 Å². The van der Waals surface area contributed by atoms with Crippen molar-refractivity contribution in [3.63, 3.8) is 0 Å². The summed E-state index contributed by atoms with van der Waals surface area (Å²) < 4.78 is 10.6. The van der Waals surface area contributed by atoms with Crippen molar-refractivity contribution in [1.82, 2.24) is 4.90 Å². The van der Waals surface area contributed by atoms with Gasteiger partial charge in [0.25, 0.3) is 0 Å². The van der Waals surface area contributed by atoms with Crippen LogP contribution in [0.15, 0.2) is 18.2 Å². The van der Waals surface area contributed by atoms with Crippen LogP contribution in [-0.4, -0.2) is 37.6 Å². The molecule has 0 fully saturated rings. The maximum Gasteiger partial charge on any atom is 0.242 e. The quantitative estimate of drug-likeness (QED) is 0.863. The van der Waals surface area contributed by atoms with Crippen LogP contribution in [0, 0.1) is 0 Å². The molecule has 1 atom stereocenters. The van der Waals surface area contributed by atoms with Gasteiger partial charge in [0.2, 0.25) is 5.91 Å². The molecule has 0 saturated heterocycles. The summed E-state index contributed by atoms with van der Waals surface area (Å²) >= 11 is 0. The van der Waals surface area contributed by atoms with Crippen LogP contribution in [0.2, 0.25) is 0 Å². The number of rotatable bonds is 6. The van der Waals surface area contributed by atoms with Gasteiger partial charge < -0.3 is 20.1 Å². The van der Waals surface area contributed by atoms with Gasteiger partial charge in [-0.15, -0.1) is 0 Å². The first-order valence-corrected chi connectivity index (χ1v) is 6.61. The number of likely N-dealkylation sites (N-methyl/N-ethyl adjacent to an activating group) is 1. The van der Waals surface area contributed by atoms with E-state index in [1.165, 1.54) is 0 Å². The van der Waals surface area contributed by atoms with Crippen LogP contribution >= 0.6 is 0 Å². The molecule has 0 heterocycles. The second-order valence-electron chi connectivity index (χ2n) is 5.08. The van der Waals surface area contributed by atoms with Crippen molar-refractivity contribution in [2.24, 2.45) is 5.73 Å². The van der Waals surface area contributed by atoms with Crippen LogP contribution in [0.4, 0.5) is 0 Å². The summed E-state index contributed by atoms with van der Waals surface area (Å²) in [5.41, 5.74) is 6.03. The molecular formula is C15H24N2O3. The van der Waals surface area contributed by atoms with E-state index in [2.05, 4.69) is 0 Å². The fourth-order valence-electron chi connectivity index (χ4n) is 1.99. The summed E-state index contributed by atoms with van der Waals surface area (Å²) in [5, 5.41) is 0. The number of ether oxygens (including phenoxy) is 2. The van der Waals surface area contributed by atoms with Crippen LogP contribution < -0.4 is 15.2 Å². The molecule has 20 heavy (non-hydrogen) atoms. The minimum atomic E-state index is -0.846. The number of para-hydroxylation sites is 1. The fraction of sp³-hybridized carbons (Fsp3) is 0.533. The summed E-state index contributed by atoms with van der Waals surface area (Å²) in [5.74, 6) is 1.20. The molecule has 1 rings (SSSR count). The zero-order valence-electron chi connectivity index (χ0n) is 12.9. The molecule has 0 aromatic heterocycles. The van der Waals surface area contributed by atoms with Crippen LogP contribution in [0.1, 0.15) is 25.8 Å². The Morgan fingerprint density at radius 3 is 2.50 bits per heavy atom. The van der Waals surface area contributed by atoms with Gasteiger partial charge in [-0.3, -0.25) is 4.79 Å². The topological polar surface area (TPSA) is 64.8 Å². The molecule has 1 aromatic rings. The number of methoxy groups -OCH3 is 2. The number of benzene rings is 1. The standard InChI is InChI=1S/C15H24N2O3/c1-6-15(2,16)14(18)17(3)10-11-8-7-9-12(19-4)13(11)20-5/h7-9H,6,10,16H2,1-5H3. The summed E-state index contributed by atoms with van der Waals surface area (Å²) in [6.45, 7) is 4.07. The van der Waals surface area contributed by atoms with Crippen LogP contribution in [0.5, 0.6) is 11.5 Å². The summed E-state index contributed by atoms with van der Waals surface area (Å²) in [6.07, 6.45) is 0.589. The highest BCUT2D eigenvalue weighted by Gasteiger charge is 2.29. The van der Waals surface area contributed by atoms with E-state index in [4.69, 9.17) is 15.2 Å². The Kier molecular flexibility index (Phi) is 5.39. The molecule has 0 saturated carbocycles. The lowest BCUT2D eigenvalue weighted by molar-refractivity contribution is -0.135. The maximum atomic E-state index is 12.3.